The lowest BCUT2D eigenvalue weighted by atomic mass is 9.59. The van der Waals surface area contributed by atoms with Gasteiger partial charge in [-0.15, -0.1) is 0 Å². The van der Waals surface area contributed by atoms with Gasteiger partial charge in [0.2, 0.25) is 0 Å². The van der Waals surface area contributed by atoms with Crippen molar-refractivity contribution >= 4 is 11.6 Å². The van der Waals surface area contributed by atoms with Crippen LogP contribution in [0.4, 0.5) is 0 Å². The van der Waals surface area contributed by atoms with Crippen LogP contribution in [0.2, 0.25) is 5.02 Å². The largest absolute Gasteiger partial charge is 0.0984 e. The minimum Gasteiger partial charge on any atom is -0.0984 e. The Morgan fingerprint density at radius 1 is 1.16 bits per heavy atom. The minimum absolute atomic E-state index is 0.126. The zero-order valence-corrected chi connectivity index (χ0v) is 13.2. The lowest BCUT2D eigenvalue weighted by Crippen LogP contribution is -2.36. The van der Waals surface area contributed by atoms with E-state index in [4.69, 9.17) is 11.6 Å². The van der Waals surface area contributed by atoms with Crippen molar-refractivity contribution in [1.82, 2.24) is 0 Å². The summed E-state index contributed by atoms with van der Waals surface area (Å²) in [6, 6.07) is 8.41. The Kier molecular flexibility index (Phi) is 4.11. The lowest BCUT2D eigenvalue weighted by molar-refractivity contribution is 0.288. The van der Waals surface area contributed by atoms with Crippen molar-refractivity contribution in [2.45, 2.75) is 58.3 Å². The maximum atomic E-state index is 6.22. The topological polar surface area (TPSA) is 0 Å². The Morgan fingerprint density at radius 3 is 2.32 bits per heavy atom. The van der Waals surface area contributed by atoms with Crippen LogP contribution in [0.25, 0.3) is 0 Å². The van der Waals surface area contributed by atoms with E-state index in [9.17, 15) is 0 Å². The van der Waals surface area contributed by atoms with Crippen LogP contribution in [-0.2, 0) is 5.41 Å². The summed E-state index contributed by atoms with van der Waals surface area (Å²) in [6.45, 7) is 11.3. The molecule has 0 nitrogen and oxygen atoms in total. The van der Waals surface area contributed by atoms with Crippen LogP contribution in [0.1, 0.15) is 58.4 Å². The lowest BCUT2D eigenvalue weighted by Gasteiger charge is -2.45. The number of allylic oxidation sites excluding steroid dienone is 1. The van der Waals surface area contributed by atoms with Gasteiger partial charge in [-0.3, -0.25) is 0 Å². The van der Waals surface area contributed by atoms with Gasteiger partial charge < -0.3 is 0 Å². The Balaban J connectivity index is 2.49. The molecule has 0 spiro atoms. The molecule has 0 radical (unpaired) electrons. The fourth-order valence-electron chi connectivity index (χ4n) is 3.42. The van der Waals surface area contributed by atoms with Crippen LogP contribution in [0.3, 0.4) is 0 Å². The van der Waals surface area contributed by atoms with E-state index in [0.717, 1.165) is 5.02 Å². The van der Waals surface area contributed by atoms with Crippen LogP contribution in [0.15, 0.2) is 36.4 Å². The molecule has 1 heteroatoms. The van der Waals surface area contributed by atoms with Gasteiger partial charge in [-0.1, -0.05) is 75.9 Å². The summed E-state index contributed by atoms with van der Waals surface area (Å²) in [6.07, 6.45) is 6.36. The summed E-state index contributed by atoms with van der Waals surface area (Å²) in [5.41, 5.74) is 2.99. The third-order valence-electron chi connectivity index (χ3n) is 4.57. The van der Waals surface area contributed by atoms with Crippen LogP contribution in [0, 0.1) is 5.41 Å². The second-order valence-electron chi connectivity index (χ2n) is 6.88. The summed E-state index contributed by atoms with van der Waals surface area (Å²) in [4.78, 5) is 0. The average Bonchev–Trinajstić information content (AvgIpc) is 2.37. The average molecular weight is 277 g/mol. The number of benzene rings is 1. The highest BCUT2D eigenvalue weighted by Gasteiger charge is 2.40. The standard InChI is InChI=1S/C18H25Cl/c1-14(17(2,3)4)18(11-6-5-7-12-18)15-9-8-10-16(19)13-15/h8-10,13H,1,5-7,11-12H2,2-4H3. The molecule has 1 fully saturated rings. The molecule has 0 N–H and O–H groups in total. The van der Waals surface area contributed by atoms with Gasteiger partial charge in [0.1, 0.15) is 0 Å². The number of hydrogen-bond acceptors (Lipinski definition) is 0. The first-order valence-corrected chi connectivity index (χ1v) is 7.70. The molecular formula is C18H25Cl. The molecule has 1 saturated carbocycles. The Hall–Kier alpha value is -0.750. The van der Waals surface area contributed by atoms with E-state index in [1.807, 2.05) is 6.07 Å². The van der Waals surface area contributed by atoms with Gasteiger partial charge in [0.15, 0.2) is 0 Å². The summed E-state index contributed by atoms with van der Waals surface area (Å²) in [7, 11) is 0. The Morgan fingerprint density at radius 2 is 1.79 bits per heavy atom. The maximum absolute atomic E-state index is 6.22. The molecule has 0 atom stereocenters. The maximum Gasteiger partial charge on any atom is 0.0409 e. The highest BCUT2D eigenvalue weighted by molar-refractivity contribution is 6.30. The van der Waals surface area contributed by atoms with Gasteiger partial charge in [0.05, 0.1) is 0 Å². The Labute approximate surface area is 122 Å². The van der Waals surface area contributed by atoms with Crippen molar-refractivity contribution < 1.29 is 0 Å². The first-order chi connectivity index (χ1) is 8.86. The predicted octanol–water partition coefficient (Wildman–Crippen LogP) is 6.14. The molecule has 1 aliphatic rings. The Bertz CT molecular complexity index is 459. The molecule has 0 aromatic heterocycles. The third kappa shape index (κ3) is 2.89. The van der Waals surface area contributed by atoms with Crippen molar-refractivity contribution in [1.29, 1.82) is 0 Å². The van der Waals surface area contributed by atoms with Crippen LogP contribution in [-0.4, -0.2) is 0 Å². The molecular weight excluding hydrogens is 252 g/mol. The summed E-state index contributed by atoms with van der Waals surface area (Å²) in [5.74, 6) is 0. The number of hydrogen-bond donors (Lipinski definition) is 0. The highest BCUT2D eigenvalue weighted by atomic mass is 35.5. The van der Waals surface area contributed by atoms with Gasteiger partial charge in [0, 0.05) is 10.4 Å². The van der Waals surface area contributed by atoms with Gasteiger partial charge in [0.25, 0.3) is 0 Å². The highest BCUT2D eigenvalue weighted by Crippen LogP contribution is 2.50. The molecule has 2 rings (SSSR count). The zero-order chi connectivity index (χ0) is 14.1. The normalized spacial score (nSPS) is 19.2. The van der Waals surface area contributed by atoms with E-state index >= 15 is 0 Å². The smallest absolute Gasteiger partial charge is 0.0409 e. The molecule has 104 valence electrons. The van der Waals surface area contributed by atoms with Gasteiger partial charge in [-0.05, 0) is 36.0 Å². The number of rotatable bonds is 2. The van der Waals surface area contributed by atoms with Crippen molar-refractivity contribution in [3.8, 4) is 0 Å². The molecule has 1 aliphatic carbocycles. The number of halogens is 1. The van der Waals surface area contributed by atoms with Crippen molar-refractivity contribution in [3.05, 3.63) is 47.0 Å². The third-order valence-corrected chi connectivity index (χ3v) is 4.80. The van der Waals surface area contributed by atoms with E-state index in [1.54, 1.807) is 0 Å². The molecule has 0 amide bonds. The van der Waals surface area contributed by atoms with E-state index in [-0.39, 0.29) is 10.8 Å². The second kappa shape index (κ2) is 5.32. The zero-order valence-electron chi connectivity index (χ0n) is 12.4. The van der Waals surface area contributed by atoms with Crippen molar-refractivity contribution in [3.63, 3.8) is 0 Å². The fourth-order valence-corrected chi connectivity index (χ4v) is 3.61. The summed E-state index contributed by atoms with van der Waals surface area (Å²) >= 11 is 6.22. The fraction of sp³-hybridized carbons (Fsp3) is 0.556. The van der Waals surface area contributed by atoms with E-state index in [2.05, 4.69) is 45.5 Å². The first-order valence-electron chi connectivity index (χ1n) is 7.32. The van der Waals surface area contributed by atoms with E-state index in [1.165, 1.54) is 43.2 Å². The van der Waals surface area contributed by atoms with E-state index in [0.29, 0.717) is 0 Å². The van der Waals surface area contributed by atoms with Crippen molar-refractivity contribution in [2.75, 3.05) is 0 Å². The summed E-state index contributed by atoms with van der Waals surface area (Å²) in [5, 5.41) is 0.837. The van der Waals surface area contributed by atoms with Crippen molar-refractivity contribution in [2.24, 2.45) is 5.41 Å². The molecule has 0 aliphatic heterocycles. The SMILES string of the molecule is C=C(C(C)(C)C)C1(c2cccc(Cl)c2)CCCCC1. The summed E-state index contributed by atoms with van der Waals surface area (Å²) < 4.78 is 0. The first kappa shape index (κ1) is 14.7. The van der Waals surface area contributed by atoms with Gasteiger partial charge in [-0.25, -0.2) is 0 Å². The van der Waals surface area contributed by atoms with Gasteiger partial charge >= 0.3 is 0 Å². The van der Waals surface area contributed by atoms with Crippen LogP contribution in [0.5, 0.6) is 0 Å². The molecule has 1 aromatic carbocycles. The predicted molar refractivity (Wildman–Crippen MR) is 84.8 cm³/mol. The van der Waals surface area contributed by atoms with Gasteiger partial charge in [-0.2, -0.15) is 0 Å². The molecule has 0 saturated heterocycles. The quantitative estimate of drug-likeness (QED) is 0.569. The minimum atomic E-state index is 0.126. The second-order valence-corrected chi connectivity index (χ2v) is 7.32. The molecule has 1 aromatic rings. The molecule has 19 heavy (non-hydrogen) atoms. The monoisotopic (exact) mass is 276 g/mol. The molecule has 0 heterocycles. The van der Waals surface area contributed by atoms with E-state index < -0.39 is 0 Å². The van der Waals surface area contributed by atoms with Crippen LogP contribution >= 0.6 is 11.6 Å². The van der Waals surface area contributed by atoms with Crippen LogP contribution < -0.4 is 0 Å². The molecule has 0 bridgehead atoms. The molecule has 0 unspecified atom stereocenters.